The molecule has 1 aliphatic heterocycles. The molecule has 0 radical (unpaired) electrons. The molecule has 1 atom stereocenters. The van der Waals surface area contributed by atoms with Crippen molar-refractivity contribution in [3.8, 4) is 0 Å². The number of hydrogen-bond acceptors (Lipinski definition) is 8. The van der Waals surface area contributed by atoms with E-state index in [1.165, 1.54) is 12.1 Å². The van der Waals surface area contributed by atoms with Crippen molar-refractivity contribution in [1.29, 1.82) is 0 Å². The number of nitrogens with zero attached hydrogens (tertiary/aromatic N) is 4. The highest BCUT2D eigenvalue weighted by molar-refractivity contribution is 7.99. The van der Waals surface area contributed by atoms with Crippen molar-refractivity contribution < 1.29 is 8.42 Å². The van der Waals surface area contributed by atoms with E-state index in [9.17, 15) is 13.3 Å². The third-order valence-electron chi connectivity index (χ3n) is 7.71. The average Bonchev–Trinajstić information content (AvgIpc) is 2.99. The van der Waals surface area contributed by atoms with Crippen LogP contribution >= 0.6 is 11.8 Å². The van der Waals surface area contributed by atoms with Crippen LogP contribution in [-0.2, 0) is 10.0 Å². The van der Waals surface area contributed by atoms with Gasteiger partial charge in [0.25, 0.3) is 10.0 Å². The molecule has 3 aromatic carbocycles. The predicted octanol–water partition coefficient (Wildman–Crippen LogP) is 6.33. The third-order valence-corrected chi connectivity index (χ3v) is 10.2. The maximum atomic E-state index is 13.2. The van der Waals surface area contributed by atoms with Crippen LogP contribution in [0.25, 0.3) is 0 Å². The van der Waals surface area contributed by atoms with E-state index in [1.807, 2.05) is 44.4 Å². The fraction of sp³-hybridized carbons (Fsp3) is 0.406. The quantitative estimate of drug-likeness (QED) is 0.0982. The minimum Gasteiger partial charge on any atom is -0.383 e. The van der Waals surface area contributed by atoms with Crippen LogP contribution in [0.2, 0.25) is 0 Å². The highest BCUT2D eigenvalue weighted by Crippen LogP contribution is 2.33. The largest absolute Gasteiger partial charge is 0.383 e. The van der Waals surface area contributed by atoms with Gasteiger partial charge >= 0.3 is 0 Å². The molecule has 1 heterocycles. The van der Waals surface area contributed by atoms with Gasteiger partial charge in [-0.15, -0.1) is 21.1 Å². The van der Waals surface area contributed by atoms with E-state index in [0.29, 0.717) is 16.7 Å². The molecule has 0 unspecified atom stereocenters. The Balaban J connectivity index is 1.47. The van der Waals surface area contributed by atoms with Crippen molar-refractivity contribution in [3.05, 3.63) is 83.3 Å². The van der Waals surface area contributed by atoms with Gasteiger partial charge in [0, 0.05) is 41.0 Å². The number of amidine groups is 1. The first-order valence-electron chi connectivity index (χ1n) is 14.5. The maximum Gasteiger partial charge on any atom is 0.284 e. The van der Waals surface area contributed by atoms with E-state index >= 15 is 0 Å². The lowest BCUT2D eigenvalue weighted by Gasteiger charge is -2.38. The Kier molecular flexibility index (Phi) is 10.9. The van der Waals surface area contributed by atoms with E-state index in [2.05, 4.69) is 50.7 Å². The summed E-state index contributed by atoms with van der Waals surface area (Å²) in [5.41, 5.74) is 8.55. The van der Waals surface area contributed by atoms with Crippen molar-refractivity contribution in [3.63, 3.8) is 0 Å². The number of benzene rings is 3. The molecule has 43 heavy (non-hydrogen) atoms. The molecule has 1 aliphatic rings. The first-order chi connectivity index (χ1) is 20.5. The number of rotatable bonds is 13. The van der Waals surface area contributed by atoms with E-state index in [4.69, 9.17) is 5.73 Å². The Bertz CT molecular complexity index is 1500. The van der Waals surface area contributed by atoms with Gasteiger partial charge in [-0.05, 0) is 105 Å². The number of thioether (sulfide) groups is 1. The summed E-state index contributed by atoms with van der Waals surface area (Å²) >= 11 is 1.71. The smallest absolute Gasteiger partial charge is 0.284 e. The SMILES string of the molecule is CN(C)CC[C@H](CSc1ccccc1)Nc1ccc(S(=O)(=O)N=C(N)c2ccc(N3CCC(C)(C)CC3)cc2)cc1N=O. The van der Waals surface area contributed by atoms with Gasteiger partial charge in [0.1, 0.15) is 11.5 Å². The zero-order chi connectivity index (χ0) is 31.0. The van der Waals surface area contributed by atoms with Crippen LogP contribution in [0.3, 0.4) is 0 Å². The zero-order valence-corrected chi connectivity index (χ0v) is 27.0. The molecule has 4 rings (SSSR count). The number of piperidine rings is 1. The van der Waals surface area contributed by atoms with Crippen molar-refractivity contribution in [2.75, 3.05) is 49.7 Å². The molecular formula is C32H42N6O3S2. The molecule has 0 aromatic heterocycles. The molecule has 1 fully saturated rings. The second-order valence-electron chi connectivity index (χ2n) is 12.0. The van der Waals surface area contributed by atoms with Crippen LogP contribution in [0.4, 0.5) is 17.1 Å². The lowest BCUT2D eigenvalue weighted by atomic mass is 9.82. The zero-order valence-electron chi connectivity index (χ0n) is 25.4. The summed E-state index contributed by atoms with van der Waals surface area (Å²) in [5.74, 6) is 0.641. The highest BCUT2D eigenvalue weighted by Gasteiger charge is 2.25. The normalized spacial score (nSPS) is 16.2. The summed E-state index contributed by atoms with van der Waals surface area (Å²) in [6.07, 6.45) is 3.05. The lowest BCUT2D eigenvalue weighted by molar-refractivity contribution is 0.280. The van der Waals surface area contributed by atoms with Gasteiger partial charge in [0.05, 0.1) is 10.6 Å². The molecule has 3 N–H and O–H groups in total. The number of sulfonamides is 1. The highest BCUT2D eigenvalue weighted by atomic mass is 32.2. The predicted molar refractivity (Wildman–Crippen MR) is 179 cm³/mol. The van der Waals surface area contributed by atoms with Crippen LogP contribution in [0.5, 0.6) is 0 Å². The second kappa shape index (κ2) is 14.4. The Morgan fingerprint density at radius 1 is 1.05 bits per heavy atom. The van der Waals surface area contributed by atoms with E-state index in [0.717, 1.165) is 55.2 Å². The van der Waals surface area contributed by atoms with E-state index in [-0.39, 0.29) is 22.5 Å². The molecule has 0 amide bonds. The van der Waals surface area contributed by atoms with Gasteiger partial charge < -0.3 is 20.9 Å². The average molecular weight is 623 g/mol. The molecule has 230 valence electrons. The number of hydrogen-bond donors (Lipinski definition) is 2. The number of nitrogens with one attached hydrogen (secondary N) is 1. The number of nitroso groups, excluding NO2 is 1. The van der Waals surface area contributed by atoms with Crippen molar-refractivity contribution in [2.45, 2.75) is 48.9 Å². The Morgan fingerprint density at radius 2 is 1.72 bits per heavy atom. The monoisotopic (exact) mass is 622 g/mol. The van der Waals surface area contributed by atoms with Gasteiger partial charge in [-0.25, -0.2) is 0 Å². The summed E-state index contributed by atoms with van der Waals surface area (Å²) in [6, 6.07) is 21.8. The third kappa shape index (κ3) is 9.29. The second-order valence-corrected chi connectivity index (χ2v) is 14.7. The number of anilines is 2. The maximum absolute atomic E-state index is 13.2. The molecule has 11 heteroatoms. The minimum atomic E-state index is -4.18. The molecule has 0 saturated carbocycles. The molecule has 0 bridgehead atoms. The summed E-state index contributed by atoms with van der Waals surface area (Å²) in [4.78, 5) is 17.2. The number of nitrogens with two attached hydrogens (primary N) is 1. The minimum absolute atomic E-state index is 0.00322. The van der Waals surface area contributed by atoms with Crippen molar-refractivity contribution in [1.82, 2.24) is 4.90 Å². The van der Waals surface area contributed by atoms with Crippen LogP contribution in [0, 0.1) is 10.3 Å². The van der Waals surface area contributed by atoms with E-state index < -0.39 is 10.0 Å². The van der Waals surface area contributed by atoms with Crippen LogP contribution in [0.15, 0.2) is 92.2 Å². The van der Waals surface area contributed by atoms with Crippen LogP contribution < -0.4 is 16.0 Å². The van der Waals surface area contributed by atoms with Gasteiger partial charge in [-0.2, -0.15) is 8.42 Å². The first-order valence-corrected chi connectivity index (χ1v) is 16.9. The summed E-state index contributed by atoms with van der Waals surface area (Å²) < 4.78 is 30.2. The van der Waals surface area contributed by atoms with E-state index in [1.54, 1.807) is 30.0 Å². The van der Waals surface area contributed by atoms with Gasteiger partial charge in [-0.3, -0.25) is 0 Å². The molecular weight excluding hydrogens is 581 g/mol. The molecule has 0 spiro atoms. The van der Waals surface area contributed by atoms with Gasteiger partial charge in [0.2, 0.25) is 0 Å². The standard InChI is InChI=1S/C32H42N6O3S2/c1-32(2)17-20-38(21-18-32)26-12-10-24(11-13-26)31(33)36-43(40,41)28-14-15-29(30(22-28)35-39)34-25(16-19-37(3)4)23-42-27-8-6-5-7-9-27/h5-15,22,25,34H,16-21,23H2,1-4H3,(H2,33,36)/t25-/m1/s1. The molecule has 1 saturated heterocycles. The fourth-order valence-electron chi connectivity index (χ4n) is 4.86. The first kappa shape index (κ1) is 32.5. The van der Waals surface area contributed by atoms with Crippen LogP contribution in [-0.4, -0.2) is 64.7 Å². The van der Waals surface area contributed by atoms with Crippen molar-refractivity contribution >= 4 is 44.7 Å². The van der Waals surface area contributed by atoms with Gasteiger partial charge in [0.15, 0.2) is 0 Å². The van der Waals surface area contributed by atoms with Crippen LogP contribution in [0.1, 0.15) is 38.7 Å². The molecule has 0 aliphatic carbocycles. The molecule has 9 nitrogen and oxygen atoms in total. The lowest BCUT2D eigenvalue weighted by Crippen LogP contribution is -2.37. The Morgan fingerprint density at radius 3 is 2.35 bits per heavy atom. The Labute approximate surface area is 260 Å². The van der Waals surface area contributed by atoms with Crippen molar-refractivity contribution in [2.24, 2.45) is 20.7 Å². The van der Waals surface area contributed by atoms with Gasteiger partial charge in [-0.1, -0.05) is 32.0 Å². The summed E-state index contributed by atoms with van der Waals surface area (Å²) in [7, 11) is -0.163. The summed E-state index contributed by atoms with van der Waals surface area (Å²) in [5, 5.41) is 6.54. The molecule has 3 aromatic rings. The summed E-state index contributed by atoms with van der Waals surface area (Å²) in [6.45, 7) is 7.38. The Hall–Kier alpha value is -3.41. The fourth-order valence-corrected chi connectivity index (χ4v) is 6.83. The topological polar surface area (TPSA) is 120 Å².